The molecule has 0 aromatic carbocycles. The zero-order valence-electron chi connectivity index (χ0n) is 4.91. The summed E-state index contributed by atoms with van der Waals surface area (Å²) in [4.78, 5) is 0. The molecule has 0 atom stereocenters. The molecule has 0 saturated carbocycles. The molecule has 0 fully saturated rings. The van der Waals surface area contributed by atoms with Crippen molar-refractivity contribution in [3.63, 3.8) is 0 Å². The van der Waals surface area contributed by atoms with E-state index >= 15 is 0 Å². The van der Waals surface area contributed by atoms with Gasteiger partial charge >= 0.3 is 0 Å². The highest BCUT2D eigenvalue weighted by atomic mass is 13.8. The summed E-state index contributed by atoms with van der Waals surface area (Å²) in [7, 11) is 0. The summed E-state index contributed by atoms with van der Waals surface area (Å²) in [6.07, 6.45) is 7.71. The summed E-state index contributed by atoms with van der Waals surface area (Å²) < 4.78 is 0. The number of hydrogen-bond acceptors (Lipinski definition) is 0. The minimum absolute atomic E-state index is 0.828. The highest BCUT2D eigenvalue weighted by Crippen LogP contribution is 1.89. The molecular formula is C8H9. The molecule has 41 valence electrons. The van der Waals surface area contributed by atoms with Crippen LogP contribution in [0.4, 0.5) is 0 Å². The van der Waals surface area contributed by atoms with Crippen molar-refractivity contribution in [3.8, 4) is 24.2 Å². The highest BCUT2D eigenvalue weighted by Gasteiger charge is 1.75. The lowest BCUT2D eigenvalue weighted by atomic mass is 10.2. The molecule has 0 saturated heterocycles. The van der Waals surface area contributed by atoms with Crippen LogP contribution in [0.2, 0.25) is 0 Å². The van der Waals surface area contributed by atoms with Gasteiger partial charge in [-0.15, -0.1) is 24.2 Å². The van der Waals surface area contributed by atoms with E-state index in [-0.39, 0.29) is 0 Å². The summed E-state index contributed by atoms with van der Waals surface area (Å²) in [5.41, 5.74) is 0. The summed E-state index contributed by atoms with van der Waals surface area (Å²) in [5.74, 6) is 7.92. The van der Waals surface area contributed by atoms with Gasteiger partial charge in [0.25, 0.3) is 0 Å². The van der Waals surface area contributed by atoms with Crippen LogP contribution in [0, 0.1) is 31.1 Å². The fourth-order valence-electron chi connectivity index (χ4n) is 0.367. The molecule has 0 aliphatic heterocycles. The second-order valence-electron chi connectivity index (χ2n) is 1.41. The van der Waals surface area contributed by atoms with Gasteiger partial charge in [0.05, 0.1) is 0 Å². The first kappa shape index (κ1) is 7.12. The van der Waals surface area contributed by atoms with Gasteiger partial charge in [-0.1, -0.05) is 0 Å². The van der Waals surface area contributed by atoms with Gasteiger partial charge in [0.2, 0.25) is 0 Å². The molecule has 8 heavy (non-hydrogen) atoms. The SMILES string of the molecule is C#CCCCC#C[CH2]. The number of unbranched alkanes of at least 4 members (excludes halogenated alkanes) is 2. The molecule has 0 heteroatoms. The van der Waals surface area contributed by atoms with Gasteiger partial charge in [0.15, 0.2) is 0 Å². The molecular weight excluding hydrogens is 96.1 g/mol. The normalized spacial score (nSPS) is 6.50. The van der Waals surface area contributed by atoms with Gasteiger partial charge in [0.1, 0.15) is 0 Å². The van der Waals surface area contributed by atoms with E-state index in [1.807, 2.05) is 0 Å². The van der Waals surface area contributed by atoms with Crippen molar-refractivity contribution in [2.75, 3.05) is 0 Å². The van der Waals surface area contributed by atoms with Crippen LogP contribution in [0.15, 0.2) is 0 Å². The monoisotopic (exact) mass is 105 g/mol. The van der Waals surface area contributed by atoms with Gasteiger partial charge in [-0.05, 0) is 6.42 Å². The van der Waals surface area contributed by atoms with E-state index in [1.54, 1.807) is 0 Å². The molecule has 0 heterocycles. The first-order valence-electron chi connectivity index (χ1n) is 2.60. The third kappa shape index (κ3) is 5.12. The molecule has 0 aliphatic carbocycles. The molecule has 0 spiro atoms. The average molecular weight is 105 g/mol. The van der Waals surface area contributed by atoms with Gasteiger partial charge < -0.3 is 0 Å². The van der Waals surface area contributed by atoms with Crippen molar-refractivity contribution in [2.45, 2.75) is 19.3 Å². The average Bonchev–Trinajstić information content (AvgIpc) is 1.81. The van der Waals surface area contributed by atoms with E-state index in [2.05, 4.69) is 24.7 Å². The largest absolute Gasteiger partial charge is 0.120 e. The fourth-order valence-corrected chi connectivity index (χ4v) is 0.367. The second kappa shape index (κ2) is 6.12. The fraction of sp³-hybridized carbons (Fsp3) is 0.375. The molecule has 0 nitrogen and oxygen atoms in total. The lowest BCUT2D eigenvalue weighted by Crippen LogP contribution is -1.67. The zero-order chi connectivity index (χ0) is 6.24. The smallest absolute Gasteiger partial charge is 0.0198 e. The minimum atomic E-state index is 0.828. The Kier molecular flexibility index (Phi) is 5.45. The summed E-state index contributed by atoms with van der Waals surface area (Å²) in [5, 5.41) is 0. The van der Waals surface area contributed by atoms with Gasteiger partial charge in [-0.3, -0.25) is 0 Å². The first-order valence-corrected chi connectivity index (χ1v) is 2.60. The third-order valence-corrected chi connectivity index (χ3v) is 0.748. The third-order valence-electron chi connectivity index (χ3n) is 0.748. The lowest BCUT2D eigenvalue weighted by Gasteiger charge is -1.80. The Balaban J connectivity index is 2.93. The molecule has 0 amide bonds. The molecule has 0 bridgehead atoms. The molecule has 0 N–H and O–H groups in total. The zero-order valence-corrected chi connectivity index (χ0v) is 4.91. The van der Waals surface area contributed by atoms with Crippen LogP contribution in [0.25, 0.3) is 0 Å². The summed E-state index contributed by atoms with van der Waals surface area (Å²) in [6.45, 7) is 3.37. The molecule has 0 aromatic heterocycles. The van der Waals surface area contributed by atoms with E-state index in [1.165, 1.54) is 0 Å². The Bertz CT molecular complexity index is 126. The minimum Gasteiger partial charge on any atom is -0.120 e. The molecule has 0 aliphatic rings. The van der Waals surface area contributed by atoms with Crippen LogP contribution < -0.4 is 0 Å². The number of rotatable bonds is 2. The van der Waals surface area contributed by atoms with E-state index in [4.69, 9.17) is 6.42 Å². The van der Waals surface area contributed by atoms with Gasteiger partial charge in [0, 0.05) is 19.8 Å². The van der Waals surface area contributed by atoms with E-state index in [9.17, 15) is 0 Å². The Morgan fingerprint density at radius 3 is 2.62 bits per heavy atom. The van der Waals surface area contributed by atoms with E-state index in [0.29, 0.717) is 0 Å². The van der Waals surface area contributed by atoms with Crippen molar-refractivity contribution < 1.29 is 0 Å². The van der Waals surface area contributed by atoms with Crippen LogP contribution in [-0.2, 0) is 0 Å². The summed E-state index contributed by atoms with van der Waals surface area (Å²) in [6, 6.07) is 0. The van der Waals surface area contributed by atoms with Gasteiger partial charge in [-0.2, -0.15) is 0 Å². The maximum Gasteiger partial charge on any atom is 0.0198 e. The van der Waals surface area contributed by atoms with Crippen LogP contribution in [0.3, 0.4) is 0 Å². The summed E-state index contributed by atoms with van der Waals surface area (Å²) >= 11 is 0. The van der Waals surface area contributed by atoms with Crippen LogP contribution in [0.1, 0.15) is 19.3 Å². The Morgan fingerprint density at radius 1 is 1.38 bits per heavy atom. The maximum absolute atomic E-state index is 5.00. The quantitative estimate of drug-likeness (QED) is 0.370. The first-order chi connectivity index (χ1) is 3.91. The predicted octanol–water partition coefficient (Wildman–Crippen LogP) is 1.63. The number of terminal acetylenes is 1. The van der Waals surface area contributed by atoms with Crippen molar-refractivity contribution in [3.05, 3.63) is 6.92 Å². The van der Waals surface area contributed by atoms with Gasteiger partial charge in [-0.25, -0.2) is 0 Å². The molecule has 0 rings (SSSR count). The predicted molar refractivity (Wildman–Crippen MR) is 35.8 cm³/mol. The Morgan fingerprint density at radius 2 is 2.12 bits per heavy atom. The van der Waals surface area contributed by atoms with E-state index in [0.717, 1.165) is 19.3 Å². The topological polar surface area (TPSA) is 0 Å². The van der Waals surface area contributed by atoms with Crippen molar-refractivity contribution in [2.24, 2.45) is 0 Å². The van der Waals surface area contributed by atoms with Crippen LogP contribution in [-0.4, -0.2) is 0 Å². The molecule has 1 radical (unpaired) electrons. The van der Waals surface area contributed by atoms with Crippen LogP contribution in [0.5, 0.6) is 0 Å². The van der Waals surface area contributed by atoms with Crippen molar-refractivity contribution >= 4 is 0 Å². The molecule has 0 aromatic rings. The van der Waals surface area contributed by atoms with Crippen molar-refractivity contribution in [1.29, 1.82) is 0 Å². The second-order valence-corrected chi connectivity index (χ2v) is 1.41. The van der Waals surface area contributed by atoms with Crippen molar-refractivity contribution in [1.82, 2.24) is 0 Å². The standard InChI is InChI=1S/C8H9/c1-3-5-7-8-6-4-2/h1H,2,5,7-8H2. The number of hydrogen-bond donors (Lipinski definition) is 0. The maximum atomic E-state index is 5.00. The molecule has 0 unspecified atom stereocenters. The van der Waals surface area contributed by atoms with E-state index < -0.39 is 0 Å². The van der Waals surface area contributed by atoms with Crippen LogP contribution >= 0.6 is 0 Å². The Labute approximate surface area is 51.3 Å². The highest BCUT2D eigenvalue weighted by molar-refractivity contribution is 5.01. The lowest BCUT2D eigenvalue weighted by molar-refractivity contribution is 0.904. The Hall–Kier alpha value is -0.880.